The number of aromatic hydroxyl groups is 1. The van der Waals surface area contributed by atoms with E-state index >= 15 is 0 Å². The lowest BCUT2D eigenvalue weighted by molar-refractivity contribution is -0.132. The zero-order valence-corrected chi connectivity index (χ0v) is 18.5. The molecule has 1 heterocycles. The van der Waals surface area contributed by atoms with Gasteiger partial charge in [0.25, 0.3) is 0 Å². The van der Waals surface area contributed by atoms with Crippen LogP contribution in [-0.4, -0.2) is 94.0 Å². The van der Waals surface area contributed by atoms with Crippen LogP contribution in [0.5, 0.6) is 17.2 Å². The standard InChI is InChI=1S/C22H30N2O7/c1-15(16(13-25)11-20(28)24-7-5-23(2)6-8-24)21-19(31-10-9-29-3)12-18(27)17(14-26)22(21)30-4/h12-14,27H,5-11H2,1-4H3/b16-15-. The summed E-state index contributed by atoms with van der Waals surface area (Å²) in [4.78, 5) is 40.1. The Labute approximate surface area is 182 Å². The number of piperazine rings is 1. The Morgan fingerprint density at radius 1 is 1.16 bits per heavy atom. The molecule has 0 radical (unpaired) electrons. The minimum Gasteiger partial charge on any atom is -0.507 e. The van der Waals surface area contributed by atoms with Crippen LogP contribution in [0.2, 0.25) is 0 Å². The molecule has 9 heteroatoms. The molecule has 0 spiro atoms. The molecule has 0 saturated carbocycles. The van der Waals surface area contributed by atoms with Crippen molar-refractivity contribution >= 4 is 24.1 Å². The Kier molecular flexibility index (Phi) is 9.02. The smallest absolute Gasteiger partial charge is 0.227 e. The maximum atomic E-state index is 12.8. The van der Waals surface area contributed by atoms with Crippen molar-refractivity contribution in [1.29, 1.82) is 0 Å². The first-order valence-electron chi connectivity index (χ1n) is 10.00. The number of nitrogens with zero attached hydrogens (tertiary/aromatic N) is 2. The minimum atomic E-state index is -0.308. The van der Waals surface area contributed by atoms with Crippen molar-refractivity contribution in [3.05, 3.63) is 22.8 Å². The molecule has 0 aliphatic carbocycles. The molecule has 0 atom stereocenters. The number of hydrogen-bond acceptors (Lipinski definition) is 8. The van der Waals surface area contributed by atoms with Gasteiger partial charge in [0.05, 0.1) is 31.3 Å². The first-order chi connectivity index (χ1) is 14.9. The second kappa shape index (κ2) is 11.5. The Morgan fingerprint density at radius 2 is 1.84 bits per heavy atom. The van der Waals surface area contributed by atoms with Gasteiger partial charge < -0.3 is 29.1 Å². The average Bonchev–Trinajstić information content (AvgIpc) is 2.76. The van der Waals surface area contributed by atoms with Gasteiger partial charge >= 0.3 is 0 Å². The fourth-order valence-electron chi connectivity index (χ4n) is 3.42. The van der Waals surface area contributed by atoms with E-state index in [1.54, 1.807) is 11.8 Å². The van der Waals surface area contributed by atoms with E-state index < -0.39 is 0 Å². The highest BCUT2D eigenvalue weighted by Crippen LogP contribution is 2.43. The summed E-state index contributed by atoms with van der Waals surface area (Å²) in [6.07, 6.45) is 1.02. The van der Waals surface area contributed by atoms with E-state index in [0.29, 0.717) is 43.4 Å². The quantitative estimate of drug-likeness (QED) is 0.334. The molecule has 1 fully saturated rings. The molecule has 1 amide bonds. The molecular weight excluding hydrogens is 404 g/mol. The fourth-order valence-corrected chi connectivity index (χ4v) is 3.42. The summed E-state index contributed by atoms with van der Waals surface area (Å²) in [5.74, 6) is -0.158. The first kappa shape index (κ1) is 24.4. The number of methoxy groups -OCH3 is 2. The summed E-state index contributed by atoms with van der Waals surface area (Å²) in [6, 6.07) is 1.30. The third-order valence-corrected chi connectivity index (χ3v) is 5.33. The lowest BCUT2D eigenvalue weighted by atomic mass is 9.95. The summed E-state index contributed by atoms with van der Waals surface area (Å²) < 4.78 is 16.1. The number of carbonyl (C=O) groups is 3. The van der Waals surface area contributed by atoms with Gasteiger partial charge in [-0.05, 0) is 19.5 Å². The van der Waals surface area contributed by atoms with Crippen LogP contribution in [0.1, 0.15) is 29.3 Å². The van der Waals surface area contributed by atoms with E-state index in [-0.39, 0.29) is 47.3 Å². The Bertz CT molecular complexity index is 843. The van der Waals surface area contributed by atoms with Gasteiger partial charge in [-0.15, -0.1) is 0 Å². The molecule has 9 nitrogen and oxygen atoms in total. The highest BCUT2D eigenvalue weighted by molar-refractivity contribution is 5.98. The molecule has 1 aromatic carbocycles. The number of carbonyl (C=O) groups excluding carboxylic acids is 3. The average molecular weight is 434 g/mol. The Morgan fingerprint density at radius 3 is 2.39 bits per heavy atom. The molecule has 1 aromatic rings. The maximum absolute atomic E-state index is 12.8. The van der Waals surface area contributed by atoms with Crippen LogP contribution in [0.15, 0.2) is 11.6 Å². The molecule has 1 aliphatic rings. The lowest BCUT2D eigenvalue weighted by Crippen LogP contribution is -2.47. The second-order valence-electron chi connectivity index (χ2n) is 7.30. The highest BCUT2D eigenvalue weighted by Gasteiger charge is 2.25. The van der Waals surface area contributed by atoms with Crippen molar-refractivity contribution in [2.24, 2.45) is 0 Å². The normalized spacial score (nSPS) is 15.3. The van der Waals surface area contributed by atoms with Crippen molar-refractivity contribution in [3.63, 3.8) is 0 Å². The monoisotopic (exact) mass is 434 g/mol. The van der Waals surface area contributed by atoms with Gasteiger partial charge in [0.2, 0.25) is 5.91 Å². The Balaban J connectivity index is 2.47. The molecule has 0 unspecified atom stereocenters. The Hall–Kier alpha value is -2.91. The van der Waals surface area contributed by atoms with E-state index in [9.17, 15) is 19.5 Å². The van der Waals surface area contributed by atoms with Gasteiger partial charge in [0.15, 0.2) is 6.29 Å². The number of ether oxygens (including phenoxy) is 3. The summed E-state index contributed by atoms with van der Waals surface area (Å²) >= 11 is 0. The first-order valence-corrected chi connectivity index (χ1v) is 10.00. The maximum Gasteiger partial charge on any atom is 0.227 e. The number of hydrogen-bond donors (Lipinski definition) is 1. The van der Waals surface area contributed by atoms with Crippen LogP contribution in [0.4, 0.5) is 0 Å². The van der Waals surface area contributed by atoms with E-state index in [1.807, 2.05) is 7.05 Å². The van der Waals surface area contributed by atoms with Crippen LogP contribution in [0.3, 0.4) is 0 Å². The van der Waals surface area contributed by atoms with Crippen molar-refractivity contribution < 1.29 is 33.7 Å². The number of phenolic OH excluding ortho intramolecular Hbond substituents is 1. The number of allylic oxidation sites excluding steroid dienone is 1. The third kappa shape index (κ3) is 5.83. The molecule has 1 saturated heterocycles. The van der Waals surface area contributed by atoms with Crippen LogP contribution in [0, 0.1) is 0 Å². The van der Waals surface area contributed by atoms with Crippen LogP contribution >= 0.6 is 0 Å². The number of phenols is 1. The SMILES string of the molecule is COCCOc1cc(O)c(C=O)c(OC)c1/C(C)=C(\C=O)CC(=O)N1CCN(C)CC1. The number of amides is 1. The van der Waals surface area contributed by atoms with Gasteiger partial charge in [0, 0.05) is 44.9 Å². The van der Waals surface area contributed by atoms with Crippen molar-refractivity contribution in [1.82, 2.24) is 9.80 Å². The second-order valence-corrected chi connectivity index (χ2v) is 7.30. The number of likely N-dealkylation sites (N-methyl/N-ethyl adjacent to an activating group) is 1. The van der Waals surface area contributed by atoms with Crippen molar-refractivity contribution in [3.8, 4) is 17.2 Å². The van der Waals surface area contributed by atoms with E-state index in [4.69, 9.17) is 14.2 Å². The number of rotatable bonds is 10. The van der Waals surface area contributed by atoms with Crippen LogP contribution in [-0.2, 0) is 14.3 Å². The van der Waals surface area contributed by atoms with Gasteiger partial charge in [-0.1, -0.05) is 0 Å². The summed E-state index contributed by atoms with van der Waals surface area (Å²) in [6.45, 7) is 4.88. The topological polar surface area (TPSA) is 106 Å². The minimum absolute atomic E-state index is 0.0633. The number of aldehydes is 2. The van der Waals surface area contributed by atoms with Crippen LogP contribution in [0.25, 0.3) is 5.57 Å². The zero-order chi connectivity index (χ0) is 23.0. The molecular formula is C22H30N2O7. The molecule has 1 aliphatic heterocycles. The predicted octanol–water partition coefficient (Wildman–Crippen LogP) is 1.38. The predicted molar refractivity (Wildman–Crippen MR) is 115 cm³/mol. The van der Waals surface area contributed by atoms with Gasteiger partial charge in [-0.2, -0.15) is 0 Å². The molecule has 0 aromatic heterocycles. The largest absolute Gasteiger partial charge is 0.507 e. The van der Waals surface area contributed by atoms with E-state index in [1.165, 1.54) is 20.3 Å². The van der Waals surface area contributed by atoms with Crippen molar-refractivity contribution in [2.75, 3.05) is 60.7 Å². The number of benzene rings is 1. The van der Waals surface area contributed by atoms with Crippen LogP contribution < -0.4 is 9.47 Å². The zero-order valence-electron chi connectivity index (χ0n) is 18.5. The highest BCUT2D eigenvalue weighted by atomic mass is 16.5. The summed E-state index contributed by atoms with van der Waals surface area (Å²) in [5.41, 5.74) is 0.963. The van der Waals surface area contributed by atoms with Crippen molar-refractivity contribution in [2.45, 2.75) is 13.3 Å². The molecule has 170 valence electrons. The lowest BCUT2D eigenvalue weighted by Gasteiger charge is -2.32. The molecule has 2 rings (SSSR count). The van der Waals surface area contributed by atoms with E-state index in [2.05, 4.69) is 4.90 Å². The van der Waals surface area contributed by atoms with Gasteiger partial charge in [0.1, 0.15) is 30.1 Å². The fraction of sp³-hybridized carbons (Fsp3) is 0.500. The molecule has 1 N–H and O–H groups in total. The molecule has 0 bridgehead atoms. The molecule has 31 heavy (non-hydrogen) atoms. The van der Waals surface area contributed by atoms with E-state index in [0.717, 1.165) is 13.1 Å². The summed E-state index contributed by atoms with van der Waals surface area (Å²) in [5, 5.41) is 10.2. The van der Waals surface area contributed by atoms with Gasteiger partial charge in [-0.3, -0.25) is 14.4 Å². The van der Waals surface area contributed by atoms with Gasteiger partial charge in [-0.25, -0.2) is 0 Å². The summed E-state index contributed by atoms with van der Waals surface area (Å²) in [7, 11) is 4.88. The third-order valence-electron chi connectivity index (χ3n) is 5.33.